The summed E-state index contributed by atoms with van der Waals surface area (Å²) in [5, 5.41) is 2.46. The van der Waals surface area contributed by atoms with Crippen LogP contribution >= 0.6 is 22.7 Å². The number of para-hydroxylation sites is 1. The van der Waals surface area contributed by atoms with Gasteiger partial charge in [-0.2, -0.15) is 0 Å². The first-order valence-corrected chi connectivity index (χ1v) is 11.1. The van der Waals surface area contributed by atoms with Crippen molar-refractivity contribution in [1.82, 2.24) is 15.8 Å². The minimum atomic E-state index is -0.450. The average molecular weight is 443 g/mol. The van der Waals surface area contributed by atoms with Gasteiger partial charge in [-0.15, -0.1) is 22.7 Å². The number of thiazole rings is 1. The Morgan fingerprint density at radius 2 is 1.90 bits per heavy atom. The Bertz CT molecular complexity index is 1100. The zero-order valence-electron chi connectivity index (χ0n) is 15.8. The molecule has 1 fully saturated rings. The van der Waals surface area contributed by atoms with Crippen molar-refractivity contribution < 1.29 is 19.1 Å². The summed E-state index contributed by atoms with van der Waals surface area (Å²) in [6.07, 6.45) is 0. The van der Waals surface area contributed by atoms with E-state index in [0.717, 1.165) is 40.0 Å². The molecular formula is C20H18N4O4S2. The number of hydrogen-bond donors (Lipinski definition) is 2. The Morgan fingerprint density at radius 1 is 1.10 bits per heavy atom. The van der Waals surface area contributed by atoms with Gasteiger partial charge in [0.15, 0.2) is 5.13 Å². The standard InChI is InChI=1S/C20H18N4O4S2/c25-18(14-11-29-20(21-14)24-5-7-27-8-6-24)22-23-19(26)16-9-12-10-28-15-4-2-1-3-13(15)17(12)30-16/h1-4,9,11H,5-8,10H2,(H,22,25)(H,23,26). The molecule has 0 aliphatic carbocycles. The first-order valence-electron chi connectivity index (χ1n) is 9.43. The third kappa shape index (κ3) is 3.64. The molecule has 154 valence electrons. The molecule has 3 aromatic rings. The highest BCUT2D eigenvalue weighted by Crippen LogP contribution is 2.42. The predicted molar refractivity (Wildman–Crippen MR) is 114 cm³/mol. The molecule has 2 aliphatic rings. The van der Waals surface area contributed by atoms with Crippen LogP contribution in [0.2, 0.25) is 0 Å². The fraction of sp³-hybridized carbons (Fsp3) is 0.250. The maximum Gasteiger partial charge on any atom is 0.289 e. The molecule has 2 amide bonds. The van der Waals surface area contributed by atoms with Gasteiger partial charge >= 0.3 is 0 Å². The van der Waals surface area contributed by atoms with Crippen molar-refractivity contribution >= 4 is 39.6 Å². The van der Waals surface area contributed by atoms with E-state index in [2.05, 4.69) is 20.7 Å². The lowest BCUT2D eigenvalue weighted by molar-refractivity contribution is 0.0846. The molecule has 0 bridgehead atoms. The molecule has 0 spiro atoms. The van der Waals surface area contributed by atoms with Crippen molar-refractivity contribution in [2.24, 2.45) is 0 Å². The molecule has 30 heavy (non-hydrogen) atoms. The largest absolute Gasteiger partial charge is 0.488 e. The number of rotatable bonds is 3. The van der Waals surface area contributed by atoms with E-state index in [1.54, 1.807) is 11.4 Å². The SMILES string of the molecule is O=C(NNC(=O)c1cc2c(s1)-c1ccccc1OC2)c1csc(N2CCOCC2)n1. The smallest absolute Gasteiger partial charge is 0.289 e. The molecule has 2 N–H and O–H groups in total. The van der Waals surface area contributed by atoms with Crippen LogP contribution in [0.3, 0.4) is 0 Å². The van der Waals surface area contributed by atoms with Gasteiger partial charge in [-0.1, -0.05) is 12.1 Å². The number of ether oxygens (including phenoxy) is 2. The lowest BCUT2D eigenvalue weighted by atomic mass is 10.1. The van der Waals surface area contributed by atoms with E-state index in [4.69, 9.17) is 9.47 Å². The number of hydrogen-bond acceptors (Lipinski definition) is 8. The summed E-state index contributed by atoms with van der Waals surface area (Å²) >= 11 is 2.78. The number of anilines is 1. The molecule has 0 radical (unpaired) electrons. The molecule has 5 rings (SSSR count). The van der Waals surface area contributed by atoms with Crippen LogP contribution in [-0.2, 0) is 11.3 Å². The Kier molecular flexibility index (Phi) is 5.11. The molecule has 4 heterocycles. The van der Waals surface area contributed by atoms with Crippen LogP contribution in [0.1, 0.15) is 25.7 Å². The summed E-state index contributed by atoms with van der Waals surface area (Å²) in [4.78, 5) is 32.9. The fourth-order valence-corrected chi connectivity index (χ4v) is 5.27. The molecule has 1 saturated heterocycles. The van der Waals surface area contributed by atoms with Gasteiger partial charge in [-0.05, 0) is 18.2 Å². The fourth-order valence-electron chi connectivity index (χ4n) is 3.32. The summed E-state index contributed by atoms with van der Waals surface area (Å²) in [6.45, 7) is 3.23. The van der Waals surface area contributed by atoms with Crippen LogP contribution < -0.4 is 20.5 Å². The first kappa shape index (κ1) is 19.0. The van der Waals surface area contributed by atoms with Crippen LogP contribution in [0.15, 0.2) is 35.7 Å². The third-order valence-corrected chi connectivity index (χ3v) is 6.95. The molecule has 2 aliphatic heterocycles. The lowest BCUT2D eigenvalue weighted by Crippen LogP contribution is -2.41. The van der Waals surface area contributed by atoms with Crippen LogP contribution in [0.4, 0.5) is 5.13 Å². The van der Waals surface area contributed by atoms with Gasteiger partial charge in [0, 0.05) is 34.5 Å². The van der Waals surface area contributed by atoms with E-state index in [-0.39, 0.29) is 11.6 Å². The molecule has 0 saturated carbocycles. The number of hydrazine groups is 1. The van der Waals surface area contributed by atoms with E-state index in [9.17, 15) is 9.59 Å². The van der Waals surface area contributed by atoms with Crippen molar-refractivity contribution in [2.75, 3.05) is 31.2 Å². The van der Waals surface area contributed by atoms with Crippen molar-refractivity contribution in [1.29, 1.82) is 0 Å². The number of nitrogens with zero attached hydrogens (tertiary/aromatic N) is 2. The van der Waals surface area contributed by atoms with Crippen molar-refractivity contribution in [3.8, 4) is 16.2 Å². The van der Waals surface area contributed by atoms with Gasteiger partial charge in [-0.3, -0.25) is 20.4 Å². The molecule has 2 aromatic heterocycles. The molecule has 1 aromatic carbocycles. The van der Waals surface area contributed by atoms with Gasteiger partial charge in [0.2, 0.25) is 0 Å². The second kappa shape index (κ2) is 8.05. The van der Waals surface area contributed by atoms with Crippen LogP contribution in [0.5, 0.6) is 5.75 Å². The van der Waals surface area contributed by atoms with E-state index < -0.39 is 5.91 Å². The highest BCUT2D eigenvalue weighted by molar-refractivity contribution is 7.17. The summed E-state index contributed by atoms with van der Waals surface area (Å²) < 4.78 is 11.1. The molecule has 8 nitrogen and oxygen atoms in total. The number of carbonyl (C=O) groups is 2. The number of carbonyl (C=O) groups excluding carboxylic acids is 2. The van der Waals surface area contributed by atoms with Crippen LogP contribution in [0.25, 0.3) is 10.4 Å². The number of nitrogens with one attached hydrogen (secondary N) is 2. The number of benzene rings is 1. The maximum atomic E-state index is 12.6. The minimum Gasteiger partial charge on any atom is -0.488 e. The summed E-state index contributed by atoms with van der Waals surface area (Å²) in [6, 6.07) is 9.55. The Balaban J connectivity index is 1.23. The van der Waals surface area contributed by atoms with Crippen LogP contribution in [-0.4, -0.2) is 43.1 Å². The Labute approximate surface area is 180 Å². The van der Waals surface area contributed by atoms with E-state index >= 15 is 0 Å². The minimum absolute atomic E-state index is 0.273. The number of amides is 2. The molecule has 0 unspecified atom stereocenters. The normalized spacial score (nSPS) is 15.0. The summed E-state index contributed by atoms with van der Waals surface area (Å²) in [7, 11) is 0. The Hall–Kier alpha value is -2.95. The number of aromatic nitrogens is 1. The van der Waals surface area contributed by atoms with Gasteiger partial charge in [0.25, 0.3) is 11.8 Å². The topological polar surface area (TPSA) is 92.8 Å². The number of fused-ring (bicyclic) bond motifs is 3. The summed E-state index contributed by atoms with van der Waals surface area (Å²) in [5.41, 5.74) is 7.14. The zero-order valence-corrected chi connectivity index (χ0v) is 17.5. The Morgan fingerprint density at radius 3 is 2.77 bits per heavy atom. The lowest BCUT2D eigenvalue weighted by Gasteiger charge is -2.25. The first-order chi connectivity index (χ1) is 14.7. The van der Waals surface area contributed by atoms with E-state index in [1.165, 1.54) is 22.7 Å². The molecular weight excluding hydrogens is 424 g/mol. The monoisotopic (exact) mass is 442 g/mol. The second-order valence-electron chi connectivity index (χ2n) is 6.77. The van der Waals surface area contributed by atoms with Gasteiger partial charge in [0.05, 0.1) is 18.1 Å². The van der Waals surface area contributed by atoms with E-state index in [0.29, 0.717) is 24.7 Å². The van der Waals surface area contributed by atoms with Crippen LogP contribution in [0, 0.1) is 0 Å². The third-order valence-electron chi connectivity index (χ3n) is 4.84. The van der Waals surface area contributed by atoms with Gasteiger partial charge in [-0.25, -0.2) is 4.98 Å². The van der Waals surface area contributed by atoms with Crippen molar-refractivity contribution in [2.45, 2.75) is 6.61 Å². The quantitative estimate of drug-likeness (QED) is 0.606. The van der Waals surface area contributed by atoms with E-state index in [1.807, 2.05) is 24.3 Å². The van der Waals surface area contributed by atoms with Gasteiger partial charge < -0.3 is 14.4 Å². The molecule has 10 heteroatoms. The number of morpholine rings is 1. The van der Waals surface area contributed by atoms with Crippen molar-refractivity contribution in [3.05, 3.63) is 51.8 Å². The maximum absolute atomic E-state index is 12.6. The summed E-state index contributed by atoms with van der Waals surface area (Å²) in [5.74, 6) is -0.00955. The van der Waals surface area contributed by atoms with Crippen molar-refractivity contribution in [3.63, 3.8) is 0 Å². The zero-order chi connectivity index (χ0) is 20.5. The average Bonchev–Trinajstić information content (AvgIpc) is 3.45. The second-order valence-corrected chi connectivity index (χ2v) is 8.66. The van der Waals surface area contributed by atoms with Gasteiger partial charge in [0.1, 0.15) is 18.1 Å². The highest BCUT2D eigenvalue weighted by Gasteiger charge is 2.23. The highest BCUT2D eigenvalue weighted by atomic mass is 32.1. The predicted octanol–water partition coefficient (Wildman–Crippen LogP) is 2.68. The number of thiophene rings is 1. The molecule has 0 atom stereocenters.